The van der Waals surface area contributed by atoms with Gasteiger partial charge in [0, 0.05) is 0 Å². The molecule has 0 amide bonds. The summed E-state index contributed by atoms with van der Waals surface area (Å²) in [6.07, 6.45) is 5.35. The van der Waals surface area contributed by atoms with E-state index in [0.717, 1.165) is 5.92 Å². The molecule has 1 nitrogen and oxygen atoms in total. The summed E-state index contributed by atoms with van der Waals surface area (Å²) in [6, 6.07) is 0. The number of hydrogen-bond donors (Lipinski definition) is 0. The van der Waals surface area contributed by atoms with Gasteiger partial charge in [-0.3, -0.25) is 0 Å². The maximum atomic E-state index is 5.62. The third-order valence-electron chi connectivity index (χ3n) is 3.13. The molecule has 2 aliphatic rings. The van der Waals surface area contributed by atoms with Gasteiger partial charge in [-0.05, 0) is 24.2 Å². The highest BCUT2D eigenvalue weighted by Crippen LogP contribution is 2.48. The molecule has 0 aromatic rings. The third kappa shape index (κ3) is 1.31. The van der Waals surface area contributed by atoms with Crippen molar-refractivity contribution in [2.75, 3.05) is 0 Å². The van der Waals surface area contributed by atoms with Gasteiger partial charge in [-0.1, -0.05) is 27.2 Å². The molecule has 64 valence electrons. The first-order valence-corrected chi connectivity index (χ1v) is 4.74. The van der Waals surface area contributed by atoms with Crippen LogP contribution in [0, 0.1) is 11.3 Å². The first kappa shape index (κ1) is 7.60. The van der Waals surface area contributed by atoms with Gasteiger partial charge >= 0.3 is 0 Å². The Morgan fingerprint density at radius 3 is 2.45 bits per heavy atom. The molecule has 1 heteroatoms. The fourth-order valence-electron chi connectivity index (χ4n) is 2.37. The van der Waals surface area contributed by atoms with Crippen molar-refractivity contribution in [1.29, 1.82) is 0 Å². The largest absolute Gasteiger partial charge is 0.369 e. The Balaban J connectivity index is 2.03. The average Bonchev–Trinajstić information content (AvgIpc) is 2.60. The van der Waals surface area contributed by atoms with E-state index in [1.807, 2.05) is 0 Å². The molecule has 0 aromatic carbocycles. The van der Waals surface area contributed by atoms with Gasteiger partial charge in [0.2, 0.25) is 0 Å². The number of fused-ring (bicyclic) bond motifs is 1. The monoisotopic (exact) mass is 154 g/mol. The van der Waals surface area contributed by atoms with Crippen molar-refractivity contribution < 1.29 is 4.74 Å². The van der Waals surface area contributed by atoms with E-state index in [1.54, 1.807) is 0 Å². The highest BCUT2D eigenvalue weighted by atomic mass is 16.6. The van der Waals surface area contributed by atoms with Crippen molar-refractivity contribution in [3.8, 4) is 0 Å². The van der Waals surface area contributed by atoms with Crippen LogP contribution in [0.3, 0.4) is 0 Å². The first-order valence-electron chi connectivity index (χ1n) is 4.74. The van der Waals surface area contributed by atoms with E-state index in [4.69, 9.17) is 4.74 Å². The minimum Gasteiger partial charge on any atom is -0.369 e. The minimum absolute atomic E-state index is 0.458. The average molecular weight is 154 g/mol. The lowest BCUT2D eigenvalue weighted by Crippen LogP contribution is -2.29. The predicted octanol–water partition coefficient (Wildman–Crippen LogP) is 2.60. The van der Waals surface area contributed by atoms with E-state index in [1.165, 1.54) is 19.3 Å². The normalized spacial score (nSPS) is 43.4. The summed E-state index contributed by atoms with van der Waals surface area (Å²) in [6.45, 7) is 7.01. The molecule has 1 heterocycles. The van der Waals surface area contributed by atoms with Crippen LogP contribution in [0.25, 0.3) is 0 Å². The lowest BCUT2D eigenvalue weighted by Gasteiger charge is -2.31. The maximum absolute atomic E-state index is 5.62. The van der Waals surface area contributed by atoms with Crippen LogP contribution in [0.4, 0.5) is 0 Å². The van der Waals surface area contributed by atoms with Crippen molar-refractivity contribution in [3.05, 3.63) is 0 Å². The molecule has 3 atom stereocenters. The predicted molar refractivity (Wildman–Crippen MR) is 45.5 cm³/mol. The van der Waals surface area contributed by atoms with Crippen molar-refractivity contribution in [2.24, 2.45) is 11.3 Å². The Labute approximate surface area is 69.1 Å². The molecule has 2 rings (SSSR count). The van der Waals surface area contributed by atoms with Crippen LogP contribution in [0.2, 0.25) is 0 Å². The van der Waals surface area contributed by atoms with Gasteiger partial charge in [-0.25, -0.2) is 0 Å². The SMILES string of the molecule is CC(C)(C)C1CCCC2OC21. The van der Waals surface area contributed by atoms with Crippen LogP contribution in [0.5, 0.6) is 0 Å². The number of ether oxygens (including phenoxy) is 1. The van der Waals surface area contributed by atoms with Crippen LogP contribution in [-0.2, 0) is 4.74 Å². The molecule has 0 bridgehead atoms. The lowest BCUT2D eigenvalue weighted by molar-refractivity contribution is 0.172. The molecule has 1 saturated carbocycles. The molecule has 1 saturated heterocycles. The van der Waals surface area contributed by atoms with Crippen LogP contribution in [0.1, 0.15) is 40.0 Å². The van der Waals surface area contributed by atoms with Crippen LogP contribution in [0.15, 0.2) is 0 Å². The summed E-state index contributed by atoms with van der Waals surface area (Å²) in [5.41, 5.74) is 0.458. The van der Waals surface area contributed by atoms with Crippen molar-refractivity contribution in [2.45, 2.75) is 52.2 Å². The molecule has 0 aromatic heterocycles. The van der Waals surface area contributed by atoms with Crippen molar-refractivity contribution >= 4 is 0 Å². The van der Waals surface area contributed by atoms with Gasteiger partial charge in [-0.2, -0.15) is 0 Å². The summed E-state index contributed by atoms with van der Waals surface area (Å²) >= 11 is 0. The van der Waals surface area contributed by atoms with E-state index in [-0.39, 0.29) is 0 Å². The van der Waals surface area contributed by atoms with Gasteiger partial charge in [0.1, 0.15) is 0 Å². The van der Waals surface area contributed by atoms with E-state index >= 15 is 0 Å². The zero-order valence-corrected chi connectivity index (χ0v) is 7.76. The third-order valence-corrected chi connectivity index (χ3v) is 3.13. The summed E-state index contributed by atoms with van der Waals surface area (Å²) in [4.78, 5) is 0. The standard InChI is InChI=1S/C10H18O/c1-10(2,3)7-5-4-6-8-9(7)11-8/h7-9H,4-6H2,1-3H3. The molecular formula is C10H18O. The molecule has 1 aliphatic heterocycles. The summed E-state index contributed by atoms with van der Waals surface area (Å²) < 4.78 is 5.62. The van der Waals surface area contributed by atoms with Crippen molar-refractivity contribution in [1.82, 2.24) is 0 Å². The fourth-order valence-corrected chi connectivity index (χ4v) is 2.37. The van der Waals surface area contributed by atoms with E-state index in [9.17, 15) is 0 Å². The second kappa shape index (κ2) is 2.22. The Morgan fingerprint density at radius 1 is 1.18 bits per heavy atom. The van der Waals surface area contributed by atoms with Gasteiger partial charge in [0.05, 0.1) is 12.2 Å². The molecule has 1 aliphatic carbocycles. The Bertz CT molecular complexity index is 157. The molecule has 0 N–H and O–H groups in total. The summed E-state index contributed by atoms with van der Waals surface area (Å²) in [5.74, 6) is 0.821. The van der Waals surface area contributed by atoms with Gasteiger partial charge < -0.3 is 4.74 Å². The number of rotatable bonds is 0. The molecule has 0 spiro atoms. The zero-order chi connectivity index (χ0) is 8.06. The molecular weight excluding hydrogens is 136 g/mol. The highest BCUT2D eigenvalue weighted by molar-refractivity contribution is 4.98. The zero-order valence-electron chi connectivity index (χ0n) is 7.76. The number of epoxide rings is 1. The Morgan fingerprint density at radius 2 is 1.91 bits per heavy atom. The van der Waals surface area contributed by atoms with Crippen LogP contribution in [-0.4, -0.2) is 12.2 Å². The van der Waals surface area contributed by atoms with Gasteiger partial charge in [0.15, 0.2) is 0 Å². The molecule has 3 unspecified atom stereocenters. The van der Waals surface area contributed by atoms with Crippen molar-refractivity contribution in [3.63, 3.8) is 0 Å². The topological polar surface area (TPSA) is 12.5 Å². The second-order valence-corrected chi connectivity index (χ2v) is 5.04. The summed E-state index contributed by atoms with van der Waals surface area (Å²) in [7, 11) is 0. The van der Waals surface area contributed by atoms with Crippen LogP contribution < -0.4 is 0 Å². The Hall–Kier alpha value is -0.0400. The fraction of sp³-hybridized carbons (Fsp3) is 1.00. The molecule has 0 radical (unpaired) electrons. The lowest BCUT2D eigenvalue weighted by atomic mass is 9.72. The van der Waals surface area contributed by atoms with E-state index in [0.29, 0.717) is 17.6 Å². The smallest absolute Gasteiger partial charge is 0.0874 e. The quantitative estimate of drug-likeness (QED) is 0.489. The first-order chi connectivity index (χ1) is 5.09. The highest BCUT2D eigenvalue weighted by Gasteiger charge is 2.50. The molecule has 11 heavy (non-hydrogen) atoms. The van der Waals surface area contributed by atoms with E-state index < -0.39 is 0 Å². The second-order valence-electron chi connectivity index (χ2n) is 5.04. The Kier molecular flexibility index (Phi) is 1.54. The van der Waals surface area contributed by atoms with E-state index in [2.05, 4.69) is 20.8 Å². The summed E-state index contributed by atoms with van der Waals surface area (Å²) in [5, 5.41) is 0. The molecule has 2 fully saturated rings. The minimum atomic E-state index is 0.458. The van der Waals surface area contributed by atoms with Gasteiger partial charge in [-0.15, -0.1) is 0 Å². The van der Waals surface area contributed by atoms with Crippen LogP contribution >= 0.6 is 0 Å². The number of hydrogen-bond acceptors (Lipinski definition) is 1. The maximum Gasteiger partial charge on any atom is 0.0874 e. The van der Waals surface area contributed by atoms with Gasteiger partial charge in [0.25, 0.3) is 0 Å².